The maximum absolute atomic E-state index is 10.1. The summed E-state index contributed by atoms with van der Waals surface area (Å²) in [5.41, 5.74) is 1.83. The van der Waals surface area contributed by atoms with Crippen molar-refractivity contribution in [3.8, 4) is 23.1 Å². The lowest BCUT2D eigenvalue weighted by atomic mass is 10.0. The molecule has 2 rings (SSSR count). The van der Waals surface area contributed by atoms with Crippen LogP contribution in [-0.2, 0) is 0 Å². The van der Waals surface area contributed by atoms with Gasteiger partial charge in [0.2, 0.25) is 0 Å². The summed E-state index contributed by atoms with van der Waals surface area (Å²) in [4.78, 5) is 8.37. The molecule has 5 heteroatoms. The number of nitrogens with zero attached hydrogens (tertiary/aromatic N) is 3. The zero-order chi connectivity index (χ0) is 20.0. The molecule has 1 aromatic heterocycles. The van der Waals surface area contributed by atoms with Gasteiger partial charge in [-0.05, 0) is 31.4 Å². The maximum Gasteiger partial charge on any atom is 0.158 e. The Hall–Kier alpha value is -2.45. The van der Waals surface area contributed by atoms with Gasteiger partial charge in [0.1, 0.15) is 11.8 Å². The lowest BCUT2D eigenvalue weighted by Gasteiger charge is -2.13. The van der Waals surface area contributed by atoms with Crippen LogP contribution in [0.1, 0.15) is 70.4 Å². The van der Waals surface area contributed by atoms with Gasteiger partial charge in [-0.1, -0.05) is 57.6 Å². The molecule has 1 aromatic carbocycles. The molecule has 1 heterocycles. The number of benzene rings is 1. The molecule has 0 fully saturated rings. The number of ether oxygens (including phenoxy) is 1. The highest BCUT2D eigenvalue weighted by atomic mass is 16.5. The van der Waals surface area contributed by atoms with E-state index in [9.17, 15) is 5.11 Å². The molecule has 150 valence electrons. The van der Waals surface area contributed by atoms with Gasteiger partial charge in [0.25, 0.3) is 0 Å². The van der Waals surface area contributed by atoms with Gasteiger partial charge in [-0.25, -0.2) is 4.98 Å². The summed E-state index contributed by atoms with van der Waals surface area (Å²) in [5, 5.41) is 19.0. The van der Waals surface area contributed by atoms with Crippen molar-refractivity contribution in [1.29, 1.82) is 5.26 Å². The van der Waals surface area contributed by atoms with Gasteiger partial charge in [0.05, 0.1) is 30.8 Å². The van der Waals surface area contributed by atoms with E-state index in [1.54, 1.807) is 6.20 Å². The molecule has 0 bridgehead atoms. The standard InChI is InChI=1S/C23H31N3O2/c1-2-3-4-5-6-7-11-20(27)12-10-15-28-23-14-9-8-13-21(23)22-18-25-19(16-24)17-26-22/h8-9,13-14,17-18,20,27H,2-7,10-12,15H2,1H3. The predicted molar refractivity (Wildman–Crippen MR) is 111 cm³/mol. The van der Waals surface area contributed by atoms with Crippen molar-refractivity contribution in [3.63, 3.8) is 0 Å². The number of para-hydroxylation sites is 1. The maximum atomic E-state index is 10.1. The lowest BCUT2D eigenvalue weighted by molar-refractivity contribution is 0.140. The zero-order valence-corrected chi connectivity index (χ0v) is 16.8. The topological polar surface area (TPSA) is 79.0 Å². The molecule has 0 aliphatic rings. The van der Waals surface area contributed by atoms with Crippen LogP contribution in [0.5, 0.6) is 5.75 Å². The van der Waals surface area contributed by atoms with Crippen LogP contribution < -0.4 is 4.74 Å². The summed E-state index contributed by atoms with van der Waals surface area (Å²) in [6, 6.07) is 9.65. The lowest BCUT2D eigenvalue weighted by Crippen LogP contribution is -2.09. The Kier molecular flexibility index (Phi) is 10.0. The highest BCUT2D eigenvalue weighted by Crippen LogP contribution is 2.28. The first-order valence-electron chi connectivity index (χ1n) is 10.4. The van der Waals surface area contributed by atoms with Crippen LogP contribution in [0, 0.1) is 11.3 Å². The Morgan fingerprint density at radius 2 is 1.75 bits per heavy atom. The molecule has 0 saturated carbocycles. The highest BCUT2D eigenvalue weighted by Gasteiger charge is 2.09. The average molecular weight is 382 g/mol. The number of unbranched alkanes of at least 4 members (excludes halogenated alkanes) is 5. The van der Waals surface area contributed by atoms with Crippen molar-refractivity contribution in [2.45, 2.75) is 70.8 Å². The number of nitriles is 1. The Morgan fingerprint density at radius 1 is 1.00 bits per heavy atom. The third-order valence-electron chi connectivity index (χ3n) is 4.76. The van der Waals surface area contributed by atoms with Crippen molar-refractivity contribution in [1.82, 2.24) is 9.97 Å². The third-order valence-corrected chi connectivity index (χ3v) is 4.76. The number of hydrogen-bond acceptors (Lipinski definition) is 5. The van der Waals surface area contributed by atoms with E-state index in [-0.39, 0.29) is 6.10 Å². The second-order valence-corrected chi connectivity index (χ2v) is 7.10. The van der Waals surface area contributed by atoms with Crippen LogP contribution in [0.15, 0.2) is 36.7 Å². The number of aliphatic hydroxyl groups excluding tert-OH is 1. The minimum absolute atomic E-state index is 0.241. The quantitative estimate of drug-likeness (QED) is 0.477. The summed E-state index contributed by atoms with van der Waals surface area (Å²) in [7, 11) is 0. The Labute approximate surface area is 168 Å². The molecule has 0 aliphatic carbocycles. The van der Waals surface area contributed by atoms with E-state index in [1.807, 2.05) is 30.3 Å². The fourth-order valence-corrected chi connectivity index (χ4v) is 3.13. The Bertz CT molecular complexity index is 725. The fraction of sp³-hybridized carbons (Fsp3) is 0.522. The molecule has 0 spiro atoms. The molecular weight excluding hydrogens is 350 g/mol. The van der Waals surface area contributed by atoms with Crippen LogP contribution in [0.25, 0.3) is 11.3 Å². The van der Waals surface area contributed by atoms with Gasteiger partial charge in [-0.15, -0.1) is 0 Å². The van der Waals surface area contributed by atoms with E-state index < -0.39 is 0 Å². The van der Waals surface area contributed by atoms with Crippen LogP contribution in [0.3, 0.4) is 0 Å². The summed E-state index contributed by atoms with van der Waals surface area (Å²) >= 11 is 0. The second-order valence-electron chi connectivity index (χ2n) is 7.10. The normalized spacial score (nSPS) is 11.8. The SMILES string of the molecule is CCCCCCCCC(O)CCCOc1ccccc1-c1cnc(C#N)cn1. The second kappa shape index (κ2) is 12.9. The van der Waals surface area contributed by atoms with Crippen molar-refractivity contribution in [3.05, 3.63) is 42.4 Å². The number of aliphatic hydroxyl groups is 1. The van der Waals surface area contributed by atoms with Gasteiger partial charge in [0.15, 0.2) is 5.69 Å². The van der Waals surface area contributed by atoms with E-state index >= 15 is 0 Å². The van der Waals surface area contributed by atoms with Crippen molar-refractivity contribution in [2.75, 3.05) is 6.61 Å². The van der Waals surface area contributed by atoms with Crippen molar-refractivity contribution < 1.29 is 9.84 Å². The van der Waals surface area contributed by atoms with Crippen LogP contribution in [0.4, 0.5) is 0 Å². The third kappa shape index (κ3) is 7.66. The Balaban J connectivity index is 1.72. The zero-order valence-electron chi connectivity index (χ0n) is 16.8. The predicted octanol–water partition coefficient (Wildman–Crippen LogP) is 5.29. The largest absolute Gasteiger partial charge is 0.493 e. The molecule has 1 unspecified atom stereocenters. The van der Waals surface area contributed by atoms with E-state index in [0.29, 0.717) is 18.0 Å². The minimum atomic E-state index is -0.241. The van der Waals surface area contributed by atoms with Crippen LogP contribution >= 0.6 is 0 Å². The van der Waals surface area contributed by atoms with Gasteiger partial charge in [0, 0.05) is 5.56 Å². The number of hydrogen-bond donors (Lipinski definition) is 1. The molecular formula is C23H31N3O2. The number of aromatic nitrogens is 2. The molecule has 0 aliphatic heterocycles. The highest BCUT2D eigenvalue weighted by molar-refractivity contribution is 5.66. The van der Waals surface area contributed by atoms with Crippen molar-refractivity contribution in [2.24, 2.45) is 0 Å². The molecule has 0 saturated heterocycles. The summed E-state index contributed by atoms with van der Waals surface area (Å²) < 4.78 is 5.92. The van der Waals surface area contributed by atoms with E-state index in [2.05, 4.69) is 16.9 Å². The average Bonchev–Trinajstić information content (AvgIpc) is 2.74. The fourth-order valence-electron chi connectivity index (χ4n) is 3.13. The minimum Gasteiger partial charge on any atom is -0.493 e. The first-order chi connectivity index (χ1) is 13.7. The molecule has 28 heavy (non-hydrogen) atoms. The van der Waals surface area contributed by atoms with Crippen molar-refractivity contribution >= 4 is 0 Å². The molecule has 1 N–H and O–H groups in total. The monoisotopic (exact) mass is 381 g/mol. The van der Waals surface area contributed by atoms with Gasteiger partial charge >= 0.3 is 0 Å². The van der Waals surface area contributed by atoms with Gasteiger partial charge in [-0.3, -0.25) is 4.98 Å². The summed E-state index contributed by atoms with van der Waals surface area (Å²) in [6.45, 7) is 2.77. The van der Waals surface area contributed by atoms with Gasteiger partial charge in [-0.2, -0.15) is 5.26 Å². The number of rotatable bonds is 13. The molecule has 2 aromatic rings. The van der Waals surface area contributed by atoms with E-state index in [4.69, 9.17) is 10.00 Å². The molecule has 0 radical (unpaired) electrons. The van der Waals surface area contributed by atoms with E-state index in [1.165, 1.54) is 38.3 Å². The molecule has 1 atom stereocenters. The smallest absolute Gasteiger partial charge is 0.158 e. The van der Waals surface area contributed by atoms with E-state index in [0.717, 1.165) is 37.0 Å². The van der Waals surface area contributed by atoms with Gasteiger partial charge < -0.3 is 9.84 Å². The van der Waals surface area contributed by atoms with Crippen LogP contribution in [-0.4, -0.2) is 27.8 Å². The molecule has 0 amide bonds. The molecule has 5 nitrogen and oxygen atoms in total. The van der Waals surface area contributed by atoms with Crippen LogP contribution in [0.2, 0.25) is 0 Å². The summed E-state index contributed by atoms with van der Waals surface area (Å²) in [6.07, 6.45) is 12.7. The summed E-state index contributed by atoms with van der Waals surface area (Å²) in [5.74, 6) is 0.743. The first-order valence-corrected chi connectivity index (χ1v) is 10.4. The Morgan fingerprint density at radius 3 is 2.50 bits per heavy atom. The first kappa shape index (κ1) is 21.8.